The van der Waals surface area contributed by atoms with Crippen molar-refractivity contribution < 1.29 is 14.3 Å². The highest BCUT2D eigenvalue weighted by Crippen LogP contribution is 2.27. The third-order valence-electron chi connectivity index (χ3n) is 5.05. The van der Waals surface area contributed by atoms with Crippen LogP contribution >= 0.6 is 11.3 Å². The zero-order chi connectivity index (χ0) is 20.2. The molecule has 0 spiro atoms. The smallest absolute Gasteiger partial charge is 0.261 e. The number of amides is 1. The van der Waals surface area contributed by atoms with Crippen LogP contribution in [0, 0.1) is 6.92 Å². The van der Waals surface area contributed by atoms with Crippen molar-refractivity contribution >= 4 is 27.5 Å². The van der Waals surface area contributed by atoms with Gasteiger partial charge in [0.15, 0.2) is 0 Å². The van der Waals surface area contributed by atoms with E-state index in [-0.39, 0.29) is 5.91 Å². The Balaban J connectivity index is 1.30. The average molecular weight is 415 g/mol. The van der Waals surface area contributed by atoms with Crippen molar-refractivity contribution in [1.82, 2.24) is 20.0 Å². The largest absolute Gasteiger partial charge is 0.492 e. The zero-order valence-electron chi connectivity index (χ0n) is 16.8. The number of carbonyl (C=O) groups is 1. The number of aromatic nitrogens is 2. The molecule has 3 heterocycles. The van der Waals surface area contributed by atoms with E-state index in [1.165, 1.54) is 11.3 Å². The predicted molar refractivity (Wildman–Crippen MR) is 114 cm³/mol. The topological polar surface area (TPSA) is 68.6 Å². The van der Waals surface area contributed by atoms with E-state index in [1.807, 2.05) is 49.0 Å². The molecule has 4 rings (SSSR count). The van der Waals surface area contributed by atoms with Crippen molar-refractivity contribution in [2.45, 2.75) is 13.5 Å². The summed E-state index contributed by atoms with van der Waals surface area (Å²) in [6.07, 6.45) is 0. The first kappa shape index (κ1) is 19.9. The molecule has 1 aliphatic rings. The summed E-state index contributed by atoms with van der Waals surface area (Å²) in [4.78, 5) is 16.6. The minimum absolute atomic E-state index is 0.0655. The van der Waals surface area contributed by atoms with Crippen LogP contribution in [0.4, 0.5) is 0 Å². The number of ether oxygens (including phenoxy) is 2. The normalized spacial score (nSPS) is 15.0. The van der Waals surface area contributed by atoms with Gasteiger partial charge in [-0.15, -0.1) is 11.3 Å². The second-order valence-corrected chi connectivity index (χ2v) is 8.20. The first-order chi connectivity index (χ1) is 14.1. The summed E-state index contributed by atoms with van der Waals surface area (Å²) in [5, 5.41) is 8.42. The molecule has 7 nitrogen and oxygen atoms in total. The first-order valence-corrected chi connectivity index (χ1v) is 10.6. The van der Waals surface area contributed by atoms with Crippen LogP contribution in [0.3, 0.4) is 0 Å². The fourth-order valence-electron chi connectivity index (χ4n) is 3.45. The van der Waals surface area contributed by atoms with Crippen LogP contribution in [-0.2, 0) is 18.3 Å². The number of nitrogens with zero attached hydrogens (tertiary/aromatic N) is 3. The molecule has 154 valence electrons. The summed E-state index contributed by atoms with van der Waals surface area (Å²) in [6.45, 7) is 7.48. The maximum atomic E-state index is 12.6. The summed E-state index contributed by atoms with van der Waals surface area (Å²) < 4.78 is 13.1. The van der Waals surface area contributed by atoms with Crippen LogP contribution in [0.25, 0.3) is 10.2 Å². The van der Waals surface area contributed by atoms with Gasteiger partial charge in [-0.2, -0.15) is 5.10 Å². The van der Waals surface area contributed by atoms with Crippen molar-refractivity contribution in [1.29, 1.82) is 0 Å². The number of fused-ring (bicyclic) bond motifs is 1. The van der Waals surface area contributed by atoms with Crippen molar-refractivity contribution in [2.24, 2.45) is 7.05 Å². The van der Waals surface area contributed by atoms with E-state index in [2.05, 4.69) is 15.3 Å². The molecule has 29 heavy (non-hydrogen) atoms. The van der Waals surface area contributed by atoms with E-state index < -0.39 is 0 Å². The molecule has 1 amide bonds. The lowest BCUT2D eigenvalue weighted by atomic mass is 10.2. The van der Waals surface area contributed by atoms with Gasteiger partial charge < -0.3 is 14.8 Å². The Kier molecular flexibility index (Phi) is 6.13. The van der Waals surface area contributed by atoms with Crippen molar-refractivity contribution in [2.75, 3.05) is 39.5 Å². The number of carbonyl (C=O) groups excluding carboxylic acids is 1. The molecule has 1 aromatic carbocycles. The highest BCUT2D eigenvalue weighted by Gasteiger charge is 2.15. The molecule has 0 aliphatic carbocycles. The van der Waals surface area contributed by atoms with Gasteiger partial charge >= 0.3 is 0 Å². The minimum Gasteiger partial charge on any atom is -0.492 e. The van der Waals surface area contributed by atoms with Crippen LogP contribution in [-0.4, -0.2) is 60.0 Å². The number of nitrogens with one attached hydrogen (secondary N) is 1. The molecule has 2 aromatic heterocycles. The molecule has 1 saturated heterocycles. The molecule has 0 radical (unpaired) electrons. The van der Waals surface area contributed by atoms with E-state index in [4.69, 9.17) is 9.47 Å². The second kappa shape index (κ2) is 8.94. The molecule has 0 atom stereocenters. The Bertz CT molecular complexity index is 957. The molecule has 0 saturated carbocycles. The van der Waals surface area contributed by atoms with Gasteiger partial charge in [0.2, 0.25) is 0 Å². The maximum Gasteiger partial charge on any atom is 0.261 e. The fraction of sp³-hybridized carbons (Fsp3) is 0.429. The molecule has 0 bridgehead atoms. The van der Waals surface area contributed by atoms with Crippen molar-refractivity contribution in [3.8, 4) is 5.75 Å². The van der Waals surface area contributed by atoms with Gasteiger partial charge in [-0.05, 0) is 30.7 Å². The minimum atomic E-state index is -0.0655. The standard InChI is InChI=1S/C21H26N4O3S/c1-15-18-13-19(29-21(18)24(2)23-15)20(26)22-14-16-4-3-5-17(12-16)28-11-8-25-6-9-27-10-7-25/h3-5,12-13H,6-11,14H2,1-2H3,(H,22,26). The van der Waals surface area contributed by atoms with E-state index in [9.17, 15) is 4.79 Å². The van der Waals surface area contributed by atoms with Gasteiger partial charge in [-0.1, -0.05) is 12.1 Å². The summed E-state index contributed by atoms with van der Waals surface area (Å²) in [7, 11) is 1.90. The Morgan fingerprint density at radius 2 is 2.14 bits per heavy atom. The van der Waals surface area contributed by atoms with Crippen molar-refractivity contribution in [3.05, 3.63) is 46.5 Å². The van der Waals surface area contributed by atoms with E-state index in [1.54, 1.807) is 0 Å². The van der Waals surface area contributed by atoms with Crippen LogP contribution in [0.2, 0.25) is 0 Å². The van der Waals surface area contributed by atoms with E-state index in [0.29, 0.717) is 18.0 Å². The highest BCUT2D eigenvalue weighted by atomic mass is 32.1. The van der Waals surface area contributed by atoms with Gasteiger partial charge in [0.25, 0.3) is 5.91 Å². The molecule has 1 fully saturated rings. The third kappa shape index (κ3) is 4.77. The summed E-state index contributed by atoms with van der Waals surface area (Å²) in [5.41, 5.74) is 1.96. The number of thiophene rings is 1. The number of morpholine rings is 1. The van der Waals surface area contributed by atoms with Gasteiger partial charge in [-0.3, -0.25) is 14.4 Å². The van der Waals surface area contributed by atoms with Crippen LogP contribution in [0.15, 0.2) is 30.3 Å². The molecule has 1 N–H and O–H groups in total. The van der Waals surface area contributed by atoms with E-state index in [0.717, 1.165) is 60.1 Å². The predicted octanol–water partition coefficient (Wildman–Crippen LogP) is 2.58. The van der Waals surface area contributed by atoms with Crippen LogP contribution in [0.5, 0.6) is 5.75 Å². The number of rotatable bonds is 7. The van der Waals surface area contributed by atoms with Gasteiger partial charge in [-0.25, -0.2) is 0 Å². The third-order valence-corrected chi connectivity index (χ3v) is 6.25. The summed E-state index contributed by atoms with van der Waals surface area (Å²) >= 11 is 1.47. The van der Waals surface area contributed by atoms with Gasteiger partial charge in [0.05, 0.1) is 23.8 Å². The monoisotopic (exact) mass is 414 g/mol. The summed E-state index contributed by atoms with van der Waals surface area (Å²) in [6, 6.07) is 9.81. The second-order valence-electron chi connectivity index (χ2n) is 7.17. The number of hydrogen-bond acceptors (Lipinski definition) is 6. The molecule has 3 aromatic rings. The van der Waals surface area contributed by atoms with E-state index >= 15 is 0 Å². The molecule has 8 heteroatoms. The molecular weight excluding hydrogens is 388 g/mol. The van der Waals surface area contributed by atoms with Crippen LogP contribution in [0.1, 0.15) is 20.9 Å². The average Bonchev–Trinajstić information content (AvgIpc) is 3.29. The van der Waals surface area contributed by atoms with Gasteiger partial charge in [0.1, 0.15) is 17.2 Å². The maximum absolute atomic E-state index is 12.6. The quantitative estimate of drug-likeness (QED) is 0.644. The Morgan fingerprint density at radius 3 is 2.93 bits per heavy atom. The van der Waals surface area contributed by atoms with Crippen LogP contribution < -0.4 is 10.1 Å². The lowest BCUT2D eigenvalue weighted by Gasteiger charge is -2.26. The Labute approximate surface area is 174 Å². The SMILES string of the molecule is Cc1nn(C)c2sc(C(=O)NCc3cccc(OCCN4CCOCC4)c3)cc12. The molecule has 0 unspecified atom stereocenters. The molecule has 1 aliphatic heterocycles. The summed E-state index contributed by atoms with van der Waals surface area (Å²) in [5.74, 6) is 0.762. The number of aryl methyl sites for hydroxylation is 2. The van der Waals surface area contributed by atoms with Gasteiger partial charge in [0, 0.05) is 38.6 Å². The number of hydrogen-bond donors (Lipinski definition) is 1. The lowest BCUT2D eigenvalue weighted by Crippen LogP contribution is -2.38. The Hall–Kier alpha value is -2.42. The fourth-order valence-corrected chi connectivity index (χ4v) is 4.49. The van der Waals surface area contributed by atoms with Crippen molar-refractivity contribution in [3.63, 3.8) is 0 Å². The highest BCUT2D eigenvalue weighted by molar-refractivity contribution is 7.20. The molecular formula is C21H26N4O3S. The number of benzene rings is 1. The first-order valence-electron chi connectivity index (χ1n) is 9.83. The lowest BCUT2D eigenvalue weighted by molar-refractivity contribution is 0.0322. The zero-order valence-corrected chi connectivity index (χ0v) is 17.6. The Morgan fingerprint density at radius 1 is 1.31 bits per heavy atom.